The van der Waals surface area contributed by atoms with Crippen molar-refractivity contribution in [2.45, 2.75) is 24.8 Å². The lowest BCUT2D eigenvalue weighted by Gasteiger charge is -2.19. The molecule has 1 saturated heterocycles. The highest BCUT2D eigenvalue weighted by Gasteiger charge is 2.50. The normalized spacial score (nSPS) is 24.3. The van der Waals surface area contributed by atoms with Gasteiger partial charge in [-0.05, 0) is 12.1 Å². The van der Waals surface area contributed by atoms with E-state index in [1.807, 2.05) is 4.98 Å². The van der Waals surface area contributed by atoms with Crippen LogP contribution in [0.2, 0.25) is 0 Å². The molecule has 1 aromatic heterocycles. The summed E-state index contributed by atoms with van der Waals surface area (Å²) in [6.07, 6.45) is -5.50. The average molecular weight is 412 g/mol. The fourth-order valence-electron chi connectivity index (χ4n) is 2.59. The minimum atomic E-state index is -2.01. The van der Waals surface area contributed by atoms with E-state index in [4.69, 9.17) is 14.2 Å². The average Bonchev–Trinajstić information content (AvgIpc) is 2.98. The molecule has 0 amide bonds. The van der Waals surface area contributed by atoms with E-state index in [9.17, 15) is 18.9 Å². The van der Waals surface area contributed by atoms with Crippen molar-refractivity contribution in [2.24, 2.45) is 0 Å². The largest absolute Gasteiger partial charge is 0.450 e. The number of halogens is 1. The number of H-pyrrole nitrogens is 1. The molecule has 12 heteroatoms. The van der Waals surface area contributed by atoms with Crippen LogP contribution in [0.3, 0.4) is 0 Å². The van der Waals surface area contributed by atoms with Gasteiger partial charge < -0.3 is 14.2 Å². The zero-order valence-corrected chi connectivity index (χ0v) is 15.0. The highest BCUT2D eigenvalue weighted by molar-refractivity contribution is 7.17. The number of nitrogens with one attached hydrogen (secondary N) is 1. The van der Waals surface area contributed by atoms with E-state index in [2.05, 4.69) is 4.52 Å². The number of alkyl halides is 1. The Morgan fingerprint density at radius 3 is 2.68 bits per heavy atom. The molecule has 1 unspecified atom stereocenters. The highest BCUT2D eigenvalue weighted by Crippen LogP contribution is 2.34. The summed E-state index contributed by atoms with van der Waals surface area (Å²) in [5.74, 6) is -0.831. The summed E-state index contributed by atoms with van der Waals surface area (Å²) >= 11 is 0. The second-order valence-electron chi connectivity index (χ2n) is 5.58. The van der Waals surface area contributed by atoms with Crippen molar-refractivity contribution in [3.63, 3.8) is 0 Å². The lowest BCUT2D eigenvalue weighted by molar-refractivity contribution is -0.201. The molecular formula is C16H14FN2O8P. The van der Waals surface area contributed by atoms with Crippen LogP contribution in [0.5, 0.6) is 0 Å². The number of ether oxygens (including phenoxy) is 3. The zero-order chi connectivity index (χ0) is 20.1. The van der Waals surface area contributed by atoms with Crippen molar-refractivity contribution in [3.8, 4) is 0 Å². The number of rotatable bonds is 7. The second kappa shape index (κ2) is 8.98. The molecule has 0 radical (unpaired) electrons. The lowest BCUT2D eigenvalue weighted by Crippen LogP contribution is -2.37. The van der Waals surface area contributed by atoms with Gasteiger partial charge in [-0.25, -0.2) is 18.5 Å². The van der Waals surface area contributed by atoms with Crippen LogP contribution in [0.15, 0.2) is 52.2 Å². The van der Waals surface area contributed by atoms with Gasteiger partial charge in [-0.2, -0.15) is 0 Å². The fourth-order valence-corrected chi connectivity index (χ4v) is 2.69. The molecule has 4 atom stereocenters. The van der Waals surface area contributed by atoms with Gasteiger partial charge in [0, 0.05) is 12.3 Å². The maximum atomic E-state index is 15.0. The predicted molar refractivity (Wildman–Crippen MR) is 90.4 cm³/mol. The topological polar surface area (TPSA) is 126 Å². The first kappa shape index (κ1) is 20.0. The number of benzene rings is 1. The van der Waals surface area contributed by atoms with Crippen LogP contribution in [-0.2, 0) is 23.3 Å². The zero-order valence-electron chi connectivity index (χ0n) is 14.1. The molecule has 1 aliphatic heterocycles. The first-order valence-electron chi connectivity index (χ1n) is 7.94. The van der Waals surface area contributed by atoms with Crippen LogP contribution >= 0.6 is 8.69 Å². The first-order valence-corrected chi connectivity index (χ1v) is 8.67. The summed E-state index contributed by atoms with van der Waals surface area (Å²) < 4.78 is 46.3. The van der Waals surface area contributed by atoms with Gasteiger partial charge in [0.05, 0.1) is 5.56 Å². The van der Waals surface area contributed by atoms with Gasteiger partial charge in [-0.1, -0.05) is 18.2 Å². The van der Waals surface area contributed by atoms with Crippen molar-refractivity contribution < 1.29 is 32.5 Å². The van der Waals surface area contributed by atoms with Gasteiger partial charge >= 0.3 is 20.3 Å². The molecule has 148 valence electrons. The molecule has 2 aromatic rings. The van der Waals surface area contributed by atoms with Crippen LogP contribution < -0.4 is 11.2 Å². The molecule has 1 fully saturated rings. The molecule has 10 nitrogen and oxygen atoms in total. The van der Waals surface area contributed by atoms with Gasteiger partial charge in [0.15, 0.2) is 25.3 Å². The van der Waals surface area contributed by atoms with E-state index in [-0.39, 0.29) is 5.56 Å². The lowest BCUT2D eigenvalue weighted by atomic mass is 10.2. The van der Waals surface area contributed by atoms with Crippen LogP contribution in [0.1, 0.15) is 16.6 Å². The number of carbonyl (C=O) groups excluding carboxylic acids is 1. The maximum Gasteiger partial charge on any atom is 0.338 e. The Morgan fingerprint density at radius 1 is 1.25 bits per heavy atom. The second-order valence-corrected chi connectivity index (χ2v) is 5.99. The molecule has 1 aromatic carbocycles. The van der Waals surface area contributed by atoms with Crippen LogP contribution in [0.25, 0.3) is 0 Å². The molecule has 3 rings (SSSR count). The SMILES string of the molecule is O=POCO[C@H]1O[C@@H](n2ccc(=O)[nH]c2=O)[C@@H](F)C1OC(=O)c1ccccc1. The van der Waals surface area contributed by atoms with Gasteiger partial charge in [0.1, 0.15) is 0 Å². The van der Waals surface area contributed by atoms with Crippen molar-refractivity contribution in [3.05, 3.63) is 69.0 Å². The van der Waals surface area contributed by atoms with Gasteiger partial charge in [0.25, 0.3) is 5.56 Å². The number of aromatic amines is 1. The predicted octanol–water partition coefficient (Wildman–Crippen LogP) is 1.15. The Kier molecular flexibility index (Phi) is 6.42. The number of esters is 1. The summed E-state index contributed by atoms with van der Waals surface area (Å²) in [7, 11) is -0.676. The number of carbonyl (C=O) groups is 1. The third-order valence-electron chi connectivity index (χ3n) is 3.84. The molecule has 0 spiro atoms. The summed E-state index contributed by atoms with van der Waals surface area (Å²) in [4.78, 5) is 37.4. The molecular weight excluding hydrogens is 398 g/mol. The van der Waals surface area contributed by atoms with Crippen molar-refractivity contribution >= 4 is 14.7 Å². The Balaban J connectivity index is 1.84. The third-order valence-corrected chi connectivity index (χ3v) is 4.05. The molecule has 28 heavy (non-hydrogen) atoms. The van der Waals surface area contributed by atoms with Crippen molar-refractivity contribution in [2.75, 3.05) is 6.79 Å². The van der Waals surface area contributed by atoms with E-state index < -0.39 is 57.5 Å². The maximum absolute atomic E-state index is 15.0. The highest BCUT2D eigenvalue weighted by atomic mass is 31.1. The molecule has 0 bridgehead atoms. The minimum Gasteiger partial charge on any atom is -0.450 e. The van der Waals surface area contributed by atoms with Gasteiger partial charge in [-0.3, -0.25) is 18.9 Å². The van der Waals surface area contributed by atoms with Crippen LogP contribution in [0.4, 0.5) is 4.39 Å². The van der Waals surface area contributed by atoms with E-state index >= 15 is 4.39 Å². The van der Waals surface area contributed by atoms with Gasteiger partial charge in [0.2, 0.25) is 6.29 Å². The smallest absolute Gasteiger partial charge is 0.338 e. The minimum absolute atomic E-state index is 0.174. The number of hydrogen-bond donors (Lipinski definition) is 1. The first-order chi connectivity index (χ1) is 13.5. The molecule has 0 saturated carbocycles. The van der Waals surface area contributed by atoms with E-state index in [1.165, 1.54) is 12.1 Å². The summed E-state index contributed by atoms with van der Waals surface area (Å²) in [5, 5.41) is 0. The number of nitrogens with zero attached hydrogens (tertiary/aromatic N) is 1. The van der Waals surface area contributed by atoms with Crippen LogP contribution in [0, 0.1) is 0 Å². The Hall–Kier alpha value is -2.72. The van der Waals surface area contributed by atoms with E-state index in [0.717, 1.165) is 16.8 Å². The summed E-state index contributed by atoms with van der Waals surface area (Å²) in [6.45, 7) is -0.547. The van der Waals surface area contributed by atoms with Crippen molar-refractivity contribution in [1.82, 2.24) is 9.55 Å². The quantitative estimate of drug-likeness (QED) is 0.311. The molecule has 0 aliphatic carbocycles. The van der Waals surface area contributed by atoms with Gasteiger partial charge in [-0.15, -0.1) is 0 Å². The van der Waals surface area contributed by atoms with Crippen molar-refractivity contribution in [1.29, 1.82) is 0 Å². The Bertz CT molecular complexity index is 949. The molecule has 2 heterocycles. The van der Waals surface area contributed by atoms with E-state index in [1.54, 1.807) is 18.2 Å². The molecule has 1 aliphatic rings. The summed E-state index contributed by atoms with van der Waals surface area (Å²) in [6, 6.07) is 8.86. The Labute approximate surface area is 158 Å². The standard InChI is InChI=1S/C16H14FN2O8P/c17-11-12(26-14(21)9-4-2-1-3-5-9)15(24-8-25-28-23)27-13(11)19-7-6-10(20)18-16(19)22/h1-7,11-13,15H,8H2,(H,18,20,22)/t11-,12?,13+,15-/m0/s1. The number of aromatic nitrogens is 2. The Morgan fingerprint density at radius 2 is 2.00 bits per heavy atom. The molecule has 1 N–H and O–H groups in total. The monoisotopic (exact) mass is 412 g/mol. The number of hydrogen-bond acceptors (Lipinski definition) is 8. The van der Waals surface area contributed by atoms with Crippen LogP contribution in [-0.4, -0.2) is 40.9 Å². The summed E-state index contributed by atoms with van der Waals surface area (Å²) in [5.41, 5.74) is -1.41. The van der Waals surface area contributed by atoms with E-state index in [0.29, 0.717) is 0 Å². The fraction of sp³-hybridized carbons (Fsp3) is 0.312. The third kappa shape index (κ3) is 4.39.